The van der Waals surface area contributed by atoms with Crippen molar-refractivity contribution < 1.29 is 23.5 Å². The van der Waals surface area contributed by atoms with Crippen molar-refractivity contribution in [2.45, 2.75) is 70.9 Å². The number of carboxylic acid groups (broad SMARTS) is 1. The minimum Gasteiger partial charge on any atom is -0.481 e. The highest BCUT2D eigenvalue weighted by atomic mass is 28.4. The van der Waals surface area contributed by atoms with Crippen molar-refractivity contribution in [2.75, 3.05) is 6.61 Å². The average molecular weight is 335 g/mol. The number of carbonyl (C=O) groups excluding carboxylic acids is 1. The van der Waals surface area contributed by atoms with Gasteiger partial charge in [-0.1, -0.05) is 0 Å². The van der Waals surface area contributed by atoms with Crippen LogP contribution in [0.25, 0.3) is 0 Å². The molecule has 0 radical (unpaired) electrons. The summed E-state index contributed by atoms with van der Waals surface area (Å²) in [6.07, 6.45) is 2.15. The van der Waals surface area contributed by atoms with Crippen LogP contribution in [0.4, 0.5) is 0 Å². The molecule has 0 aliphatic rings. The number of carbonyl (C=O) groups is 2. The second kappa shape index (κ2) is 9.37. The van der Waals surface area contributed by atoms with Crippen LogP contribution in [0.3, 0.4) is 0 Å². The maximum Gasteiger partial charge on any atom is 0.305 e. The van der Waals surface area contributed by atoms with Crippen LogP contribution in [0.1, 0.15) is 32.6 Å². The van der Waals surface area contributed by atoms with Crippen molar-refractivity contribution in [2.24, 2.45) is 0 Å². The zero-order chi connectivity index (χ0) is 16.5. The van der Waals surface area contributed by atoms with Gasteiger partial charge in [-0.15, -0.1) is 0 Å². The van der Waals surface area contributed by atoms with E-state index >= 15 is 0 Å². The molecule has 0 aromatic rings. The molecule has 5 nitrogen and oxygen atoms in total. The van der Waals surface area contributed by atoms with Gasteiger partial charge in [0.05, 0.1) is 6.61 Å². The van der Waals surface area contributed by atoms with Crippen molar-refractivity contribution in [1.82, 2.24) is 0 Å². The summed E-state index contributed by atoms with van der Waals surface area (Å²) in [7, 11) is -3.61. The highest BCUT2D eigenvalue weighted by Gasteiger charge is 2.32. The molecule has 0 aliphatic carbocycles. The number of ether oxygens (including phenoxy) is 1. The molecule has 7 heteroatoms. The van der Waals surface area contributed by atoms with Gasteiger partial charge in [0.15, 0.2) is 16.6 Å². The van der Waals surface area contributed by atoms with Crippen LogP contribution in [0, 0.1) is 0 Å². The summed E-state index contributed by atoms with van der Waals surface area (Å²) in [5, 5.41) is 8.69. The van der Waals surface area contributed by atoms with Gasteiger partial charge in [0, 0.05) is 12.8 Å². The van der Waals surface area contributed by atoms with E-state index in [0.717, 1.165) is 18.5 Å². The van der Waals surface area contributed by atoms with E-state index in [1.807, 2.05) is 6.92 Å². The predicted octanol–water partition coefficient (Wildman–Crippen LogP) is 3.62. The fraction of sp³-hybridized carbons (Fsp3) is 0.857. The van der Waals surface area contributed by atoms with Crippen LogP contribution in [0.15, 0.2) is 0 Å². The summed E-state index contributed by atoms with van der Waals surface area (Å²) >= 11 is 0. The van der Waals surface area contributed by atoms with Gasteiger partial charge >= 0.3 is 11.9 Å². The summed E-state index contributed by atoms with van der Waals surface area (Å²) in [6.45, 7) is 10.9. The van der Waals surface area contributed by atoms with Gasteiger partial charge in [0.1, 0.15) is 0 Å². The van der Waals surface area contributed by atoms with Crippen molar-refractivity contribution in [3.63, 3.8) is 0 Å². The van der Waals surface area contributed by atoms with E-state index < -0.39 is 22.6 Å². The molecule has 1 N–H and O–H groups in total. The Morgan fingerprint density at radius 1 is 0.952 bits per heavy atom. The van der Waals surface area contributed by atoms with Gasteiger partial charge in [0.25, 0.3) is 0 Å². The van der Waals surface area contributed by atoms with E-state index in [2.05, 4.69) is 26.2 Å². The largest absolute Gasteiger partial charge is 0.481 e. The van der Waals surface area contributed by atoms with E-state index in [0.29, 0.717) is 19.4 Å². The number of carboxylic acids is 1. The molecule has 124 valence electrons. The van der Waals surface area contributed by atoms with Crippen molar-refractivity contribution in [1.29, 1.82) is 0 Å². The van der Waals surface area contributed by atoms with E-state index in [9.17, 15) is 9.59 Å². The fourth-order valence-electron chi connectivity index (χ4n) is 2.41. The van der Waals surface area contributed by atoms with Crippen LogP contribution >= 0.6 is 0 Å². The normalized spacial score (nSPS) is 12.2. The van der Waals surface area contributed by atoms with E-state index in [1.54, 1.807) is 0 Å². The van der Waals surface area contributed by atoms with Crippen LogP contribution < -0.4 is 0 Å². The predicted molar refractivity (Wildman–Crippen MR) is 88.4 cm³/mol. The molecule has 0 fully saturated rings. The van der Waals surface area contributed by atoms with Gasteiger partial charge in [-0.25, -0.2) is 0 Å². The summed E-state index contributed by atoms with van der Waals surface area (Å²) < 4.78 is 11.3. The SMILES string of the molecule is CCOC(=O)CCC[Si](C)(C)O[Si](C)(C)CCCC(=O)O. The van der Waals surface area contributed by atoms with E-state index in [4.69, 9.17) is 14.0 Å². The third-order valence-electron chi connectivity index (χ3n) is 3.19. The zero-order valence-electron chi connectivity index (χ0n) is 14.0. The first-order chi connectivity index (χ1) is 9.58. The summed E-state index contributed by atoms with van der Waals surface area (Å²) in [6, 6.07) is 1.80. The first-order valence-corrected chi connectivity index (χ1v) is 13.9. The number of esters is 1. The topological polar surface area (TPSA) is 72.8 Å². The maximum absolute atomic E-state index is 11.3. The Labute approximate surface area is 130 Å². The standard InChI is InChI=1S/C14H30O5Si2/c1-6-18-14(17)10-8-12-21(4,5)19-20(2,3)11-7-9-13(15)16/h6-12H2,1-5H3,(H,15,16). The molecule has 0 saturated carbocycles. The van der Waals surface area contributed by atoms with Crippen LogP contribution in [-0.4, -0.2) is 40.3 Å². The lowest BCUT2D eigenvalue weighted by molar-refractivity contribution is -0.143. The van der Waals surface area contributed by atoms with Gasteiger partial charge in [-0.3, -0.25) is 9.59 Å². The van der Waals surface area contributed by atoms with Crippen LogP contribution in [0.2, 0.25) is 38.3 Å². The fourth-order valence-corrected chi connectivity index (χ4v) is 11.3. The molecule has 0 unspecified atom stereocenters. The van der Waals surface area contributed by atoms with Gasteiger partial charge in [0.2, 0.25) is 0 Å². The van der Waals surface area contributed by atoms with E-state index in [1.165, 1.54) is 0 Å². The highest BCUT2D eigenvalue weighted by molar-refractivity contribution is 6.84. The monoisotopic (exact) mass is 334 g/mol. The quantitative estimate of drug-likeness (QED) is 0.461. The Balaban J connectivity index is 4.12. The molecule has 0 saturated heterocycles. The highest BCUT2D eigenvalue weighted by Crippen LogP contribution is 2.24. The molecule has 0 heterocycles. The number of hydrogen-bond donors (Lipinski definition) is 1. The zero-order valence-corrected chi connectivity index (χ0v) is 16.0. The van der Waals surface area contributed by atoms with Crippen molar-refractivity contribution >= 4 is 28.6 Å². The molecule has 0 aromatic carbocycles. The second-order valence-electron chi connectivity index (χ2n) is 6.53. The summed E-state index contributed by atoms with van der Waals surface area (Å²) in [4.78, 5) is 21.9. The Morgan fingerprint density at radius 2 is 1.43 bits per heavy atom. The smallest absolute Gasteiger partial charge is 0.305 e. The lowest BCUT2D eigenvalue weighted by atomic mass is 10.3. The Bertz CT molecular complexity index is 342. The minimum atomic E-state index is -1.82. The molecule has 21 heavy (non-hydrogen) atoms. The average Bonchev–Trinajstić information content (AvgIpc) is 2.26. The molecule has 0 aliphatic heterocycles. The molecular weight excluding hydrogens is 304 g/mol. The minimum absolute atomic E-state index is 0.139. The van der Waals surface area contributed by atoms with E-state index in [-0.39, 0.29) is 12.4 Å². The third kappa shape index (κ3) is 11.6. The molecule has 0 atom stereocenters. The van der Waals surface area contributed by atoms with Crippen LogP contribution in [-0.2, 0) is 18.4 Å². The van der Waals surface area contributed by atoms with Gasteiger partial charge in [-0.05, 0) is 58.0 Å². The van der Waals surface area contributed by atoms with Gasteiger partial charge in [-0.2, -0.15) is 0 Å². The molecule has 0 amide bonds. The van der Waals surface area contributed by atoms with Crippen LogP contribution in [0.5, 0.6) is 0 Å². The molecular formula is C14H30O5Si2. The molecule has 0 aromatic heterocycles. The molecule has 0 rings (SSSR count). The lowest BCUT2D eigenvalue weighted by Crippen LogP contribution is -2.44. The Morgan fingerprint density at radius 3 is 1.86 bits per heavy atom. The van der Waals surface area contributed by atoms with Gasteiger partial charge < -0.3 is 14.0 Å². The van der Waals surface area contributed by atoms with Crippen molar-refractivity contribution in [3.8, 4) is 0 Å². The lowest BCUT2D eigenvalue weighted by Gasteiger charge is -2.34. The second-order valence-corrected chi connectivity index (χ2v) is 15.4. The maximum atomic E-state index is 11.3. The first-order valence-electron chi connectivity index (χ1n) is 7.65. The number of aliphatic carboxylic acids is 1. The number of hydrogen-bond acceptors (Lipinski definition) is 4. The first kappa shape index (κ1) is 20.3. The Kier molecular flexibility index (Phi) is 9.07. The molecule has 0 spiro atoms. The third-order valence-corrected chi connectivity index (χ3v) is 10.7. The Hall–Kier alpha value is -0.666. The van der Waals surface area contributed by atoms with Crippen molar-refractivity contribution in [3.05, 3.63) is 0 Å². The summed E-state index contributed by atoms with van der Waals surface area (Å²) in [5.74, 6) is -0.883. The summed E-state index contributed by atoms with van der Waals surface area (Å²) in [5.41, 5.74) is 0. The number of rotatable bonds is 11. The molecule has 0 bridgehead atoms.